The molecule has 2 aromatic rings. The van der Waals surface area contributed by atoms with Gasteiger partial charge in [-0.15, -0.1) is 0 Å². The predicted molar refractivity (Wildman–Crippen MR) is 85.9 cm³/mol. The Morgan fingerprint density at radius 1 is 1.36 bits per heavy atom. The normalized spacial score (nSPS) is 15.5. The zero-order valence-electron chi connectivity index (χ0n) is 12.6. The highest BCUT2D eigenvalue weighted by atomic mass is 79.9. The van der Waals surface area contributed by atoms with Gasteiger partial charge in [0.1, 0.15) is 23.2 Å². The molecule has 1 aromatic carbocycles. The minimum atomic E-state index is -0.465. The molecule has 0 saturated heterocycles. The SMILES string of the molecule is CCn1c(=O)cnn(-c2ccc(Br)c3c2OC(C)(C)C3)c1=O. The first-order valence-corrected chi connectivity index (χ1v) is 7.83. The van der Waals surface area contributed by atoms with Crippen LogP contribution in [-0.2, 0) is 13.0 Å². The zero-order valence-corrected chi connectivity index (χ0v) is 14.2. The van der Waals surface area contributed by atoms with Gasteiger partial charge < -0.3 is 4.74 Å². The first kappa shape index (κ1) is 15.0. The Morgan fingerprint density at radius 2 is 2.09 bits per heavy atom. The van der Waals surface area contributed by atoms with Crippen LogP contribution in [-0.4, -0.2) is 19.9 Å². The van der Waals surface area contributed by atoms with E-state index in [4.69, 9.17) is 4.74 Å². The van der Waals surface area contributed by atoms with E-state index in [0.29, 0.717) is 18.0 Å². The highest BCUT2D eigenvalue weighted by Crippen LogP contribution is 2.42. The van der Waals surface area contributed by atoms with Gasteiger partial charge in [-0.05, 0) is 32.9 Å². The van der Waals surface area contributed by atoms with Crippen molar-refractivity contribution in [2.24, 2.45) is 0 Å². The van der Waals surface area contributed by atoms with Crippen LogP contribution in [0.5, 0.6) is 5.75 Å². The summed E-state index contributed by atoms with van der Waals surface area (Å²) >= 11 is 3.52. The summed E-state index contributed by atoms with van der Waals surface area (Å²) in [6.07, 6.45) is 1.89. The molecule has 2 heterocycles. The number of fused-ring (bicyclic) bond motifs is 1. The van der Waals surface area contributed by atoms with Gasteiger partial charge in [0, 0.05) is 23.0 Å². The van der Waals surface area contributed by atoms with E-state index < -0.39 is 11.2 Å². The van der Waals surface area contributed by atoms with Gasteiger partial charge in [0.25, 0.3) is 5.56 Å². The van der Waals surface area contributed by atoms with Crippen molar-refractivity contribution in [1.29, 1.82) is 0 Å². The van der Waals surface area contributed by atoms with Crippen molar-refractivity contribution >= 4 is 15.9 Å². The van der Waals surface area contributed by atoms with E-state index in [1.807, 2.05) is 19.9 Å². The Balaban J connectivity index is 2.27. The molecule has 0 fully saturated rings. The molecular formula is C15H16BrN3O3. The Bertz CT molecular complexity index is 867. The van der Waals surface area contributed by atoms with Crippen molar-refractivity contribution in [3.05, 3.63) is 49.2 Å². The molecule has 6 nitrogen and oxygen atoms in total. The molecule has 0 aliphatic carbocycles. The Kier molecular flexibility index (Phi) is 3.47. The molecule has 0 unspecified atom stereocenters. The van der Waals surface area contributed by atoms with E-state index in [0.717, 1.165) is 27.2 Å². The molecule has 22 heavy (non-hydrogen) atoms. The number of hydrogen-bond donors (Lipinski definition) is 0. The Morgan fingerprint density at radius 3 is 2.77 bits per heavy atom. The minimum absolute atomic E-state index is 0.297. The van der Waals surface area contributed by atoms with Crippen molar-refractivity contribution < 1.29 is 4.74 Å². The molecule has 0 atom stereocenters. The first-order valence-electron chi connectivity index (χ1n) is 7.04. The summed E-state index contributed by atoms with van der Waals surface area (Å²) in [6, 6.07) is 3.64. The maximum absolute atomic E-state index is 12.5. The second-order valence-electron chi connectivity index (χ2n) is 5.83. The molecule has 116 valence electrons. The van der Waals surface area contributed by atoms with Gasteiger partial charge in [-0.1, -0.05) is 15.9 Å². The van der Waals surface area contributed by atoms with E-state index in [9.17, 15) is 9.59 Å². The van der Waals surface area contributed by atoms with Crippen molar-refractivity contribution in [2.75, 3.05) is 0 Å². The lowest BCUT2D eigenvalue weighted by Gasteiger charge is -2.18. The highest BCUT2D eigenvalue weighted by molar-refractivity contribution is 9.10. The lowest BCUT2D eigenvalue weighted by molar-refractivity contribution is 0.138. The quantitative estimate of drug-likeness (QED) is 0.814. The Hall–Kier alpha value is -1.89. The lowest BCUT2D eigenvalue weighted by Crippen LogP contribution is -2.39. The van der Waals surface area contributed by atoms with Gasteiger partial charge >= 0.3 is 5.69 Å². The number of ether oxygens (including phenoxy) is 1. The second kappa shape index (κ2) is 5.08. The Labute approximate surface area is 135 Å². The molecule has 1 aliphatic heterocycles. The standard InChI is InChI=1S/C15H16BrN3O3/c1-4-18-12(20)8-17-19(14(18)21)11-6-5-10(16)9-7-15(2,3)22-13(9)11/h5-6,8H,4,7H2,1-3H3. The molecule has 1 aliphatic rings. The average molecular weight is 366 g/mol. The number of benzene rings is 1. The van der Waals surface area contributed by atoms with Gasteiger partial charge in [0.05, 0.1) is 0 Å². The van der Waals surface area contributed by atoms with Gasteiger partial charge in [-0.25, -0.2) is 4.79 Å². The van der Waals surface area contributed by atoms with Gasteiger partial charge in [-0.3, -0.25) is 9.36 Å². The van der Waals surface area contributed by atoms with Crippen molar-refractivity contribution in [3.63, 3.8) is 0 Å². The number of nitrogens with zero attached hydrogens (tertiary/aromatic N) is 3. The van der Waals surface area contributed by atoms with Crippen molar-refractivity contribution in [1.82, 2.24) is 14.3 Å². The molecule has 0 amide bonds. The largest absolute Gasteiger partial charge is 0.485 e. The molecular weight excluding hydrogens is 350 g/mol. The number of aromatic nitrogens is 3. The van der Waals surface area contributed by atoms with Crippen molar-refractivity contribution in [3.8, 4) is 11.4 Å². The zero-order chi connectivity index (χ0) is 16.1. The van der Waals surface area contributed by atoms with Gasteiger partial charge in [0.2, 0.25) is 0 Å². The average Bonchev–Trinajstić information content (AvgIpc) is 2.77. The van der Waals surface area contributed by atoms with Crippen LogP contribution in [0.1, 0.15) is 26.3 Å². The van der Waals surface area contributed by atoms with Crippen LogP contribution in [0.3, 0.4) is 0 Å². The highest BCUT2D eigenvalue weighted by Gasteiger charge is 2.34. The minimum Gasteiger partial charge on any atom is -0.485 e. The topological polar surface area (TPSA) is 66.1 Å². The fourth-order valence-electron chi connectivity index (χ4n) is 2.67. The molecule has 0 saturated carbocycles. The van der Waals surface area contributed by atoms with E-state index in [1.54, 1.807) is 13.0 Å². The van der Waals surface area contributed by atoms with Crippen LogP contribution < -0.4 is 16.0 Å². The van der Waals surface area contributed by atoms with E-state index in [1.165, 1.54) is 4.68 Å². The van der Waals surface area contributed by atoms with Crippen LogP contribution in [0.25, 0.3) is 5.69 Å². The van der Waals surface area contributed by atoms with E-state index in [-0.39, 0.29) is 5.60 Å². The third-order valence-electron chi connectivity index (χ3n) is 3.67. The van der Waals surface area contributed by atoms with Crippen LogP contribution in [0.4, 0.5) is 0 Å². The van der Waals surface area contributed by atoms with Gasteiger partial charge in [-0.2, -0.15) is 9.78 Å². The molecule has 1 aromatic heterocycles. The number of rotatable bonds is 2. The summed E-state index contributed by atoms with van der Waals surface area (Å²) in [7, 11) is 0. The molecule has 7 heteroatoms. The third kappa shape index (κ3) is 2.29. The fraction of sp³-hybridized carbons (Fsp3) is 0.400. The maximum Gasteiger partial charge on any atom is 0.352 e. The predicted octanol–water partition coefficient (Wildman–Crippen LogP) is 1.89. The molecule has 0 bridgehead atoms. The smallest absolute Gasteiger partial charge is 0.352 e. The molecule has 3 rings (SSSR count). The van der Waals surface area contributed by atoms with Gasteiger partial charge in [0.15, 0.2) is 0 Å². The maximum atomic E-state index is 12.5. The summed E-state index contributed by atoms with van der Waals surface area (Å²) in [5.41, 5.74) is 0.344. The summed E-state index contributed by atoms with van der Waals surface area (Å²) in [5.74, 6) is 0.635. The number of hydrogen-bond acceptors (Lipinski definition) is 4. The number of halogens is 1. The van der Waals surface area contributed by atoms with Crippen LogP contribution in [0.15, 0.2) is 32.4 Å². The van der Waals surface area contributed by atoms with E-state index in [2.05, 4.69) is 21.0 Å². The summed E-state index contributed by atoms with van der Waals surface area (Å²) in [5, 5.41) is 3.99. The second-order valence-corrected chi connectivity index (χ2v) is 6.69. The molecule has 0 radical (unpaired) electrons. The summed E-state index contributed by atoms with van der Waals surface area (Å²) < 4.78 is 9.30. The van der Waals surface area contributed by atoms with Crippen molar-refractivity contribution in [2.45, 2.75) is 39.3 Å². The van der Waals surface area contributed by atoms with Crippen LogP contribution in [0, 0.1) is 0 Å². The fourth-order valence-corrected chi connectivity index (χ4v) is 3.12. The molecule has 0 N–H and O–H groups in total. The van der Waals surface area contributed by atoms with E-state index >= 15 is 0 Å². The monoisotopic (exact) mass is 365 g/mol. The van der Waals surface area contributed by atoms with Crippen LogP contribution in [0.2, 0.25) is 0 Å². The summed E-state index contributed by atoms with van der Waals surface area (Å²) in [6.45, 7) is 6.03. The molecule has 0 spiro atoms. The van der Waals surface area contributed by atoms with Crippen LogP contribution >= 0.6 is 15.9 Å². The third-order valence-corrected chi connectivity index (χ3v) is 4.41. The first-order chi connectivity index (χ1) is 10.3. The summed E-state index contributed by atoms with van der Waals surface area (Å²) in [4.78, 5) is 24.2. The lowest BCUT2D eigenvalue weighted by atomic mass is 10.0.